The highest BCUT2D eigenvalue weighted by Crippen LogP contribution is 2.24. The van der Waals surface area contributed by atoms with Gasteiger partial charge in [0.1, 0.15) is 11.4 Å². The number of rotatable bonds is 7. The number of ether oxygens (including phenoxy) is 1. The standard InChI is InChI=1S/C23H26N4O2/c1-5-17-8-6-7-16(4)21(17)27-23-24-14-13-20(26-23)22(28)25-18-9-11-19(12-10-18)29-15(2)3/h6-15H,5H2,1-4H3,(H,25,28)(H,24,26,27). The van der Waals surface area contributed by atoms with Crippen molar-refractivity contribution in [1.29, 1.82) is 0 Å². The van der Waals surface area contributed by atoms with Crippen LogP contribution < -0.4 is 15.4 Å². The largest absolute Gasteiger partial charge is 0.491 e. The molecule has 0 radical (unpaired) electrons. The summed E-state index contributed by atoms with van der Waals surface area (Å²) in [4.78, 5) is 21.3. The zero-order valence-electron chi connectivity index (χ0n) is 17.2. The van der Waals surface area contributed by atoms with E-state index in [1.807, 2.05) is 45.0 Å². The van der Waals surface area contributed by atoms with Gasteiger partial charge in [-0.25, -0.2) is 9.97 Å². The molecule has 2 aromatic carbocycles. The lowest BCUT2D eigenvalue weighted by atomic mass is 10.1. The number of hydrogen-bond donors (Lipinski definition) is 2. The molecule has 0 aliphatic carbocycles. The van der Waals surface area contributed by atoms with Crippen LogP contribution >= 0.6 is 0 Å². The molecular weight excluding hydrogens is 364 g/mol. The quantitative estimate of drug-likeness (QED) is 0.585. The van der Waals surface area contributed by atoms with Crippen molar-refractivity contribution in [3.8, 4) is 5.75 Å². The molecule has 29 heavy (non-hydrogen) atoms. The number of benzene rings is 2. The predicted octanol–water partition coefficient (Wildman–Crippen LogP) is 5.13. The summed E-state index contributed by atoms with van der Waals surface area (Å²) in [5, 5.41) is 6.11. The van der Waals surface area contributed by atoms with Gasteiger partial charge in [0.05, 0.1) is 6.10 Å². The Morgan fingerprint density at radius 3 is 2.55 bits per heavy atom. The highest BCUT2D eigenvalue weighted by Gasteiger charge is 2.11. The van der Waals surface area contributed by atoms with E-state index in [0.29, 0.717) is 11.6 Å². The molecule has 0 atom stereocenters. The van der Waals surface area contributed by atoms with Gasteiger partial charge < -0.3 is 15.4 Å². The number of carbonyl (C=O) groups is 1. The van der Waals surface area contributed by atoms with Crippen LogP contribution in [0.1, 0.15) is 42.4 Å². The second-order valence-corrected chi connectivity index (χ2v) is 7.00. The van der Waals surface area contributed by atoms with Gasteiger partial charge in [-0.1, -0.05) is 25.1 Å². The number of carbonyl (C=O) groups excluding carboxylic acids is 1. The zero-order valence-corrected chi connectivity index (χ0v) is 17.2. The van der Waals surface area contributed by atoms with Crippen LogP contribution in [0.3, 0.4) is 0 Å². The maximum Gasteiger partial charge on any atom is 0.274 e. The highest BCUT2D eigenvalue weighted by molar-refractivity contribution is 6.03. The molecule has 0 bridgehead atoms. The van der Waals surface area contributed by atoms with Crippen molar-refractivity contribution in [3.05, 3.63) is 71.5 Å². The van der Waals surface area contributed by atoms with Crippen LogP contribution in [-0.2, 0) is 6.42 Å². The Kier molecular flexibility index (Phi) is 6.44. The van der Waals surface area contributed by atoms with Crippen LogP contribution in [-0.4, -0.2) is 22.0 Å². The van der Waals surface area contributed by atoms with Crippen LogP contribution in [0.2, 0.25) is 0 Å². The van der Waals surface area contributed by atoms with Gasteiger partial charge in [-0.15, -0.1) is 0 Å². The summed E-state index contributed by atoms with van der Waals surface area (Å²) >= 11 is 0. The van der Waals surface area contributed by atoms with Crippen molar-refractivity contribution in [3.63, 3.8) is 0 Å². The van der Waals surface area contributed by atoms with E-state index in [1.54, 1.807) is 24.4 Å². The fraction of sp³-hybridized carbons (Fsp3) is 0.261. The molecule has 3 rings (SSSR count). The lowest BCUT2D eigenvalue weighted by molar-refractivity contribution is 0.102. The summed E-state index contributed by atoms with van der Waals surface area (Å²) in [6.45, 7) is 8.07. The topological polar surface area (TPSA) is 76.1 Å². The van der Waals surface area contributed by atoms with E-state index < -0.39 is 0 Å². The summed E-state index contributed by atoms with van der Waals surface area (Å²) in [5.74, 6) is 0.854. The average molecular weight is 390 g/mol. The SMILES string of the molecule is CCc1cccc(C)c1Nc1nccc(C(=O)Nc2ccc(OC(C)C)cc2)n1. The van der Waals surface area contributed by atoms with Gasteiger partial charge in [-0.05, 0) is 68.7 Å². The van der Waals surface area contributed by atoms with E-state index in [4.69, 9.17) is 4.74 Å². The monoisotopic (exact) mass is 390 g/mol. The first kappa shape index (κ1) is 20.3. The molecule has 6 nitrogen and oxygen atoms in total. The van der Waals surface area contributed by atoms with Gasteiger partial charge in [0.25, 0.3) is 5.91 Å². The van der Waals surface area contributed by atoms with Crippen LogP contribution in [0.4, 0.5) is 17.3 Å². The van der Waals surface area contributed by atoms with Gasteiger partial charge in [0.15, 0.2) is 0 Å². The molecule has 1 heterocycles. The molecule has 0 aliphatic heterocycles. The van der Waals surface area contributed by atoms with E-state index in [9.17, 15) is 4.79 Å². The minimum atomic E-state index is -0.298. The number of anilines is 3. The number of hydrogen-bond acceptors (Lipinski definition) is 5. The molecule has 0 spiro atoms. The van der Waals surface area contributed by atoms with Crippen molar-refractivity contribution in [1.82, 2.24) is 9.97 Å². The van der Waals surface area contributed by atoms with Crippen LogP contribution in [0, 0.1) is 6.92 Å². The Hall–Kier alpha value is -3.41. The number of nitrogens with one attached hydrogen (secondary N) is 2. The van der Waals surface area contributed by atoms with Crippen molar-refractivity contribution in [2.45, 2.75) is 40.2 Å². The van der Waals surface area contributed by atoms with Gasteiger partial charge in [-0.2, -0.15) is 0 Å². The lowest BCUT2D eigenvalue weighted by Gasteiger charge is -2.13. The summed E-state index contributed by atoms with van der Waals surface area (Å²) in [7, 11) is 0. The second kappa shape index (κ2) is 9.19. The molecule has 0 unspecified atom stereocenters. The van der Waals surface area contributed by atoms with Crippen LogP contribution in [0.25, 0.3) is 0 Å². The molecule has 150 valence electrons. The van der Waals surface area contributed by atoms with E-state index >= 15 is 0 Å². The Morgan fingerprint density at radius 1 is 1.10 bits per heavy atom. The smallest absolute Gasteiger partial charge is 0.274 e. The van der Waals surface area contributed by atoms with Crippen molar-refractivity contribution in [2.24, 2.45) is 0 Å². The summed E-state index contributed by atoms with van der Waals surface area (Å²) in [6.07, 6.45) is 2.57. The third-order valence-electron chi connectivity index (χ3n) is 4.35. The number of amides is 1. The fourth-order valence-corrected chi connectivity index (χ4v) is 2.94. The summed E-state index contributed by atoms with van der Waals surface area (Å²) < 4.78 is 5.62. The van der Waals surface area contributed by atoms with Gasteiger partial charge in [-0.3, -0.25) is 4.79 Å². The first-order chi connectivity index (χ1) is 14.0. The number of nitrogens with zero attached hydrogens (tertiary/aromatic N) is 2. The molecular formula is C23H26N4O2. The fourth-order valence-electron chi connectivity index (χ4n) is 2.94. The summed E-state index contributed by atoms with van der Waals surface area (Å²) in [6, 6.07) is 15.0. The first-order valence-corrected chi connectivity index (χ1v) is 9.73. The number of aromatic nitrogens is 2. The molecule has 1 amide bonds. The second-order valence-electron chi connectivity index (χ2n) is 7.00. The van der Waals surface area contributed by atoms with Crippen LogP contribution in [0.15, 0.2) is 54.7 Å². The summed E-state index contributed by atoms with van der Waals surface area (Å²) in [5.41, 5.74) is 4.22. The van der Waals surface area contributed by atoms with E-state index in [2.05, 4.69) is 33.6 Å². The average Bonchev–Trinajstić information content (AvgIpc) is 2.71. The minimum Gasteiger partial charge on any atom is -0.491 e. The Bertz CT molecular complexity index is 984. The Labute approximate surface area is 171 Å². The molecule has 0 aliphatic rings. The highest BCUT2D eigenvalue weighted by atomic mass is 16.5. The van der Waals surface area contributed by atoms with Gasteiger partial charge >= 0.3 is 0 Å². The van der Waals surface area contributed by atoms with E-state index in [0.717, 1.165) is 23.4 Å². The molecule has 2 N–H and O–H groups in total. The lowest BCUT2D eigenvalue weighted by Crippen LogP contribution is -2.15. The molecule has 6 heteroatoms. The minimum absolute atomic E-state index is 0.101. The van der Waals surface area contributed by atoms with Gasteiger partial charge in [0, 0.05) is 17.6 Å². The molecule has 0 fully saturated rings. The van der Waals surface area contributed by atoms with Gasteiger partial charge in [0.2, 0.25) is 5.95 Å². The third-order valence-corrected chi connectivity index (χ3v) is 4.35. The number of para-hydroxylation sites is 1. The van der Waals surface area contributed by atoms with Crippen LogP contribution in [0.5, 0.6) is 5.75 Å². The van der Waals surface area contributed by atoms with E-state index in [-0.39, 0.29) is 17.7 Å². The van der Waals surface area contributed by atoms with Crippen molar-refractivity contribution in [2.75, 3.05) is 10.6 Å². The maximum absolute atomic E-state index is 12.6. The maximum atomic E-state index is 12.6. The molecule has 1 aromatic heterocycles. The Morgan fingerprint density at radius 2 is 1.86 bits per heavy atom. The molecule has 0 saturated carbocycles. The van der Waals surface area contributed by atoms with E-state index in [1.165, 1.54) is 5.56 Å². The zero-order chi connectivity index (χ0) is 20.8. The molecule has 3 aromatic rings. The number of aryl methyl sites for hydroxylation is 2. The normalized spacial score (nSPS) is 10.7. The van der Waals surface area contributed by atoms with Crippen molar-refractivity contribution < 1.29 is 9.53 Å². The molecule has 0 saturated heterocycles. The Balaban J connectivity index is 1.73. The van der Waals surface area contributed by atoms with Crippen molar-refractivity contribution >= 4 is 23.2 Å². The third kappa shape index (κ3) is 5.31. The first-order valence-electron chi connectivity index (χ1n) is 9.73. The predicted molar refractivity (Wildman–Crippen MR) is 116 cm³/mol.